The molecule has 0 spiro atoms. The molecule has 1 heterocycles. The van der Waals surface area contributed by atoms with E-state index in [9.17, 15) is 8.42 Å². The molecule has 0 aromatic carbocycles. The van der Waals surface area contributed by atoms with Gasteiger partial charge in [0, 0.05) is 12.2 Å². The van der Waals surface area contributed by atoms with E-state index in [0.29, 0.717) is 5.56 Å². The zero-order valence-corrected chi connectivity index (χ0v) is 12.8. The lowest BCUT2D eigenvalue weighted by atomic mass is 9.74. The van der Waals surface area contributed by atoms with Crippen LogP contribution in [0.4, 0.5) is 0 Å². The zero-order valence-electron chi connectivity index (χ0n) is 12.0. The topological polar surface area (TPSA) is 79.3 Å². The summed E-state index contributed by atoms with van der Waals surface area (Å²) >= 11 is 0. The molecule has 1 aliphatic carbocycles. The van der Waals surface area contributed by atoms with Crippen LogP contribution in [0.15, 0.2) is 23.4 Å². The Morgan fingerprint density at radius 1 is 1.40 bits per heavy atom. The molecule has 2 rings (SSSR count). The number of hydrogen-bond donors (Lipinski definition) is 2. The minimum atomic E-state index is -3.60. The SMILES string of the molecule is CC1(C)CCCCC1NS(=O)(=O)c1ccc(CO)cn1. The van der Waals surface area contributed by atoms with Gasteiger partial charge in [-0.05, 0) is 29.9 Å². The van der Waals surface area contributed by atoms with Gasteiger partial charge >= 0.3 is 0 Å². The molecule has 1 atom stereocenters. The maximum absolute atomic E-state index is 12.4. The summed E-state index contributed by atoms with van der Waals surface area (Å²) in [7, 11) is -3.60. The fourth-order valence-corrected chi connectivity index (χ4v) is 3.99. The second-order valence-corrected chi connectivity index (χ2v) is 7.73. The Morgan fingerprint density at radius 3 is 2.70 bits per heavy atom. The first kappa shape index (κ1) is 15.4. The Bertz CT molecular complexity index is 552. The van der Waals surface area contributed by atoms with Gasteiger partial charge in [-0.15, -0.1) is 0 Å². The van der Waals surface area contributed by atoms with Crippen LogP contribution in [-0.2, 0) is 16.6 Å². The van der Waals surface area contributed by atoms with E-state index in [1.807, 2.05) is 0 Å². The van der Waals surface area contributed by atoms with Crippen LogP contribution in [-0.4, -0.2) is 24.6 Å². The Labute approximate surface area is 120 Å². The second kappa shape index (κ2) is 5.79. The van der Waals surface area contributed by atoms with E-state index < -0.39 is 10.0 Å². The number of pyridine rings is 1. The molecular formula is C14H22N2O3S. The van der Waals surface area contributed by atoms with Gasteiger partial charge in [0.1, 0.15) is 0 Å². The van der Waals surface area contributed by atoms with Gasteiger partial charge in [0.15, 0.2) is 5.03 Å². The second-order valence-electron chi connectivity index (χ2n) is 6.07. The van der Waals surface area contributed by atoms with Crippen molar-refractivity contribution in [2.75, 3.05) is 0 Å². The highest BCUT2D eigenvalue weighted by Gasteiger charge is 2.35. The number of nitrogens with zero attached hydrogens (tertiary/aromatic N) is 1. The first-order valence-electron chi connectivity index (χ1n) is 6.93. The summed E-state index contributed by atoms with van der Waals surface area (Å²) in [5, 5.41) is 8.97. The smallest absolute Gasteiger partial charge is 0.258 e. The molecule has 1 aromatic heterocycles. The summed E-state index contributed by atoms with van der Waals surface area (Å²) in [5.74, 6) is 0. The summed E-state index contributed by atoms with van der Waals surface area (Å²) in [6, 6.07) is 2.96. The molecule has 1 saturated carbocycles. The van der Waals surface area contributed by atoms with E-state index in [-0.39, 0.29) is 23.1 Å². The van der Waals surface area contributed by atoms with Gasteiger partial charge < -0.3 is 5.11 Å². The highest BCUT2D eigenvalue weighted by Crippen LogP contribution is 2.36. The molecule has 0 saturated heterocycles. The lowest BCUT2D eigenvalue weighted by Crippen LogP contribution is -2.46. The monoisotopic (exact) mass is 298 g/mol. The Morgan fingerprint density at radius 2 is 2.15 bits per heavy atom. The van der Waals surface area contributed by atoms with Crippen LogP contribution in [0.3, 0.4) is 0 Å². The Balaban J connectivity index is 2.17. The predicted octanol–water partition coefficient (Wildman–Crippen LogP) is 1.82. The number of nitrogens with one attached hydrogen (secondary N) is 1. The maximum Gasteiger partial charge on any atom is 0.258 e. The van der Waals surface area contributed by atoms with E-state index in [1.54, 1.807) is 6.07 Å². The summed E-state index contributed by atoms with van der Waals surface area (Å²) in [5.41, 5.74) is 0.568. The average Bonchev–Trinajstić information content (AvgIpc) is 2.41. The normalized spacial score (nSPS) is 22.6. The minimum Gasteiger partial charge on any atom is -0.392 e. The Hall–Kier alpha value is -0.980. The van der Waals surface area contributed by atoms with E-state index in [1.165, 1.54) is 12.3 Å². The number of hydrogen-bond acceptors (Lipinski definition) is 4. The highest BCUT2D eigenvalue weighted by atomic mass is 32.2. The van der Waals surface area contributed by atoms with E-state index in [4.69, 9.17) is 5.11 Å². The van der Waals surface area contributed by atoms with Gasteiger partial charge in [0.2, 0.25) is 0 Å². The third-order valence-corrected chi connectivity index (χ3v) is 5.45. The molecule has 112 valence electrons. The van der Waals surface area contributed by atoms with Crippen molar-refractivity contribution < 1.29 is 13.5 Å². The third-order valence-electron chi connectivity index (χ3n) is 4.06. The lowest BCUT2D eigenvalue weighted by molar-refractivity contribution is 0.188. The van der Waals surface area contributed by atoms with E-state index >= 15 is 0 Å². The molecule has 1 aliphatic rings. The van der Waals surface area contributed by atoms with Crippen LogP contribution in [0.5, 0.6) is 0 Å². The molecule has 20 heavy (non-hydrogen) atoms. The van der Waals surface area contributed by atoms with Gasteiger partial charge in [-0.1, -0.05) is 32.8 Å². The number of aliphatic hydroxyl groups is 1. The van der Waals surface area contributed by atoms with Crippen molar-refractivity contribution in [3.8, 4) is 0 Å². The van der Waals surface area contributed by atoms with Crippen LogP contribution in [0.1, 0.15) is 45.1 Å². The summed E-state index contributed by atoms with van der Waals surface area (Å²) in [6.07, 6.45) is 5.47. The molecule has 2 N–H and O–H groups in total. The zero-order chi connectivity index (χ0) is 14.8. The number of rotatable bonds is 4. The molecule has 0 aliphatic heterocycles. The first-order valence-corrected chi connectivity index (χ1v) is 8.41. The lowest BCUT2D eigenvalue weighted by Gasteiger charge is -2.38. The van der Waals surface area contributed by atoms with E-state index in [0.717, 1.165) is 25.7 Å². The summed E-state index contributed by atoms with van der Waals surface area (Å²) in [4.78, 5) is 3.92. The van der Waals surface area contributed by atoms with Crippen molar-refractivity contribution in [2.45, 2.75) is 57.2 Å². The average molecular weight is 298 g/mol. The van der Waals surface area contributed by atoms with Gasteiger partial charge in [-0.25, -0.2) is 18.1 Å². The molecule has 0 amide bonds. The molecule has 0 radical (unpaired) electrons. The quantitative estimate of drug-likeness (QED) is 0.888. The summed E-state index contributed by atoms with van der Waals surface area (Å²) < 4.78 is 27.5. The molecule has 1 fully saturated rings. The standard InChI is InChI=1S/C14H22N2O3S/c1-14(2)8-4-3-5-12(14)16-20(18,19)13-7-6-11(10-17)9-15-13/h6-7,9,12,16-17H,3-5,8,10H2,1-2H3. The van der Waals surface area contributed by atoms with Crippen molar-refractivity contribution in [1.82, 2.24) is 9.71 Å². The molecular weight excluding hydrogens is 276 g/mol. The van der Waals surface area contributed by atoms with Gasteiger partial charge in [-0.2, -0.15) is 0 Å². The highest BCUT2D eigenvalue weighted by molar-refractivity contribution is 7.89. The predicted molar refractivity (Wildman–Crippen MR) is 76.5 cm³/mol. The van der Waals surface area contributed by atoms with Crippen molar-refractivity contribution in [3.05, 3.63) is 23.9 Å². The van der Waals surface area contributed by atoms with Crippen LogP contribution >= 0.6 is 0 Å². The van der Waals surface area contributed by atoms with Crippen LogP contribution in [0.25, 0.3) is 0 Å². The molecule has 6 heteroatoms. The molecule has 1 aromatic rings. The molecule has 1 unspecified atom stereocenters. The first-order chi connectivity index (χ1) is 9.35. The van der Waals surface area contributed by atoms with Gasteiger partial charge in [0.25, 0.3) is 10.0 Å². The van der Waals surface area contributed by atoms with Crippen LogP contribution < -0.4 is 4.72 Å². The molecule has 5 nitrogen and oxygen atoms in total. The minimum absolute atomic E-state index is 0.0103. The van der Waals surface area contributed by atoms with Crippen molar-refractivity contribution in [2.24, 2.45) is 5.41 Å². The fourth-order valence-electron chi connectivity index (χ4n) is 2.62. The van der Waals surface area contributed by atoms with Crippen molar-refractivity contribution in [3.63, 3.8) is 0 Å². The van der Waals surface area contributed by atoms with E-state index in [2.05, 4.69) is 23.6 Å². The van der Waals surface area contributed by atoms with Crippen LogP contribution in [0, 0.1) is 5.41 Å². The number of aliphatic hydroxyl groups excluding tert-OH is 1. The van der Waals surface area contributed by atoms with Crippen molar-refractivity contribution in [1.29, 1.82) is 0 Å². The Kier molecular flexibility index (Phi) is 4.46. The van der Waals surface area contributed by atoms with Gasteiger partial charge in [0.05, 0.1) is 6.61 Å². The maximum atomic E-state index is 12.4. The largest absolute Gasteiger partial charge is 0.392 e. The fraction of sp³-hybridized carbons (Fsp3) is 0.643. The molecule has 0 bridgehead atoms. The number of aromatic nitrogens is 1. The van der Waals surface area contributed by atoms with Gasteiger partial charge in [-0.3, -0.25) is 0 Å². The van der Waals surface area contributed by atoms with Crippen LogP contribution in [0.2, 0.25) is 0 Å². The van der Waals surface area contributed by atoms with Crippen molar-refractivity contribution >= 4 is 10.0 Å². The number of sulfonamides is 1. The third kappa shape index (κ3) is 3.37. The summed E-state index contributed by atoms with van der Waals surface area (Å²) in [6.45, 7) is 4.06.